The number of rotatable bonds is 7. The number of hydrogen-bond donors (Lipinski definition) is 3. The lowest BCUT2D eigenvalue weighted by molar-refractivity contribution is -0.0529. The third-order valence-corrected chi connectivity index (χ3v) is 6.96. The maximum Gasteiger partial charge on any atom is 0.265 e. The van der Waals surface area contributed by atoms with Crippen molar-refractivity contribution in [3.63, 3.8) is 0 Å². The molecule has 1 aromatic carbocycles. The fourth-order valence-corrected chi connectivity index (χ4v) is 4.97. The highest BCUT2D eigenvalue weighted by Crippen LogP contribution is 2.34. The molecule has 1 saturated heterocycles. The van der Waals surface area contributed by atoms with Crippen molar-refractivity contribution in [2.75, 3.05) is 30.8 Å². The van der Waals surface area contributed by atoms with Crippen LogP contribution in [0.1, 0.15) is 18.4 Å². The Bertz CT molecular complexity index is 1490. The maximum absolute atomic E-state index is 14.5. The van der Waals surface area contributed by atoms with E-state index in [0.717, 1.165) is 12.1 Å². The summed E-state index contributed by atoms with van der Waals surface area (Å²) >= 11 is 0. The molecule has 4 heterocycles. The first-order valence-corrected chi connectivity index (χ1v) is 12.0. The monoisotopic (exact) mass is 546 g/mol. The highest BCUT2D eigenvalue weighted by atomic mass is 19.3. The standard InChI is InChI=1S/C25H26F4N8O2/c1-39-20-15(26)5-13(6-16(20)27)17-7-14(9-37-12-35-19-23(30)33-11-34-24(19)37)18(8-32-17)36-4-2-3-25(31,10-36)21(38)22(28)29/h5-8,11-12,21-22,38H,2-4,9-10,31H2,1H3,(H2,30,33,34)/t21-,25-/m1/s1. The predicted octanol–water partition coefficient (Wildman–Crippen LogP) is 2.73. The predicted molar refractivity (Wildman–Crippen MR) is 135 cm³/mol. The van der Waals surface area contributed by atoms with E-state index in [1.807, 2.05) is 0 Å². The molecule has 0 unspecified atom stereocenters. The Labute approximate surface area is 220 Å². The molecule has 10 nitrogen and oxygen atoms in total. The average Bonchev–Trinajstić information content (AvgIpc) is 3.32. The van der Waals surface area contributed by atoms with E-state index in [0.29, 0.717) is 35.4 Å². The van der Waals surface area contributed by atoms with Gasteiger partial charge < -0.3 is 30.8 Å². The molecule has 5 rings (SSSR count). The van der Waals surface area contributed by atoms with Gasteiger partial charge in [0.15, 0.2) is 28.8 Å². The number of ether oxygens (including phenoxy) is 1. The van der Waals surface area contributed by atoms with Gasteiger partial charge in [0.1, 0.15) is 17.9 Å². The van der Waals surface area contributed by atoms with Crippen LogP contribution in [-0.4, -0.2) is 67.9 Å². The third-order valence-electron chi connectivity index (χ3n) is 6.96. The minimum absolute atomic E-state index is 0.0574. The molecule has 3 aromatic heterocycles. The first-order chi connectivity index (χ1) is 18.6. The zero-order valence-corrected chi connectivity index (χ0v) is 20.9. The largest absolute Gasteiger partial charge is 0.491 e. The number of halogens is 4. The molecule has 1 aliphatic rings. The van der Waals surface area contributed by atoms with Gasteiger partial charge in [-0.3, -0.25) is 4.98 Å². The number of aliphatic hydroxyl groups is 1. The number of hydrogen-bond acceptors (Lipinski definition) is 9. The quantitative estimate of drug-likeness (QED) is 0.298. The Morgan fingerprint density at radius 3 is 2.56 bits per heavy atom. The summed E-state index contributed by atoms with van der Waals surface area (Å²) in [6, 6.07) is 3.86. The van der Waals surface area contributed by atoms with E-state index < -0.39 is 35.5 Å². The molecule has 0 bridgehead atoms. The zero-order valence-electron chi connectivity index (χ0n) is 20.9. The summed E-state index contributed by atoms with van der Waals surface area (Å²) in [5.74, 6) is -2.10. The normalized spacial score (nSPS) is 18.6. The molecule has 206 valence electrons. The summed E-state index contributed by atoms with van der Waals surface area (Å²) in [7, 11) is 1.17. The van der Waals surface area contributed by atoms with Crippen LogP contribution < -0.4 is 21.1 Å². The number of aromatic nitrogens is 5. The number of alkyl halides is 2. The van der Waals surface area contributed by atoms with Crippen LogP contribution in [0.15, 0.2) is 37.1 Å². The van der Waals surface area contributed by atoms with E-state index in [9.17, 15) is 22.7 Å². The Hall–Kier alpha value is -4.04. The second-order valence-electron chi connectivity index (χ2n) is 9.51. The molecule has 0 saturated carbocycles. The number of anilines is 2. The van der Waals surface area contributed by atoms with Crippen molar-refractivity contribution in [2.24, 2.45) is 5.73 Å². The van der Waals surface area contributed by atoms with Gasteiger partial charge in [0.05, 0.1) is 43.1 Å². The summed E-state index contributed by atoms with van der Waals surface area (Å²) in [6.45, 7) is 0.580. The van der Waals surface area contributed by atoms with Crippen LogP contribution in [0.4, 0.5) is 29.1 Å². The molecule has 0 aliphatic carbocycles. The topological polar surface area (TPSA) is 141 Å². The fraction of sp³-hybridized carbons (Fsp3) is 0.360. The smallest absolute Gasteiger partial charge is 0.265 e. The molecule has 1 fully saturated rings. The number of fused-ring (bicyclic) bond motifs is 1. The van der Waals surface area contributed by atoms with E-state index >= 15 is 0 Å². The highest BCUT2D eigenvalue weighted by Gasteiger charge is 2.43. The van der Waals surface area contributed by atoms with Crippen molar-refractivity contribution in [1.82, 2.24) is 24.5 Å². The number of methoxy groups -OCH3 is 1. The van der Waals surface area contributed by atoms with Gasteiger partial charge in [-0.15, -0.1) is 0 Å². The number of aliphatic hydroxyl groups excluding tert-OH is 1. The number of nitrogen functional groups attached to an aromatic ring is 1. The van der Waals surface area contributed by atoms with Gasteiger partial charge in [-0.2, -0.15) is 0 Å². The van der Waals surface area contributed by atoms with Gasteiger partial charge in [-0.1, -0.05) is 0 Å². The first-order valence-electron chi connectivity index (χ1n) is 12.0. The summed E-state index contributed by atoms with van der Waals surface area (Å²) in [6.07, 6.45) is -0.0342. The maximum atomic E-state index is 14.5. The van der Waals surface area contributed by atoms with E-state index in [4.69, 9.17) is 16.2 Å². The Morgan fingerprint density at radius 1 is 1.13 bits per heavy atom. The van der Waals surface area contributed by atoms with Crippen molar-refractivity contribution in [3.8, 4) is 17.0 Å². The highest BCUT2D eigenvalue weighted by molar-refractivity contribution is 5.81. The summed E-state index contributed by atoms with van der Waals surface area (Å²) < 4.78 is 62.2. The SMILES string of the molecule is COc1c(F)cc(-c2cc(Cn3cnc4c(N)ncnc43)c(N3CCC[C@](N)([C@H](O)C(F)F)C3)cn2)cc1F. The molecule has 0 amide bonds. The fourth-order valence-electron chi connectivity index (χ4n) is 4.97. The minimum atomic E-state index is -3.00. The van der Waals surface area contributed by atoms with E-state index in [1.165, 1.54) is 26.0 Å². The van der Waals surface area contributed by atoms with E-state index in [2.05, 4.69) is 19.9 Å². The number of piperidine rings is 1. The van der Waals surface area contributed by atoms with Crippen molar-refractivity contribution < 1.29 is 27.4 Å². The van der Waals surface area contributed by atoms with Crippen molar-refractivity contribution in [1.29, 1.82) is 0 Å². The van der Waals surface area contributed by atoms with Crippen LogP contribution in [0.5, 0.6) is 5.75 Å². The van der Waals surface area contributed by atoms with Crippen LogP contribution >= 0.6 is 0 Å². The van der Waals surface area contributed by atoms with E-state index in [-0.39, 0.29) is 36.6 Å². The van der Waals surface area contributed by atoms with Crippen LogP contribution in [0.3, 0.4) is 0 Å². The van der Waals surface area contributed by atoms with Gasteiger partial charge >= 0.3 is 0 Å². The van der Waals surface area contributed by atoms with Gasteiger partial charge in [0.2, 0.25) is 0 Å². The van der Waals surface area contributed by atoms with Crippen LogP contribution in [0, 0.1) is 11.6 Å². The molecule has 2 atom stereocenters. The number of pyridine rings is 1. The first kappa shape index (κ1) is 26.6. The molecule has 0 radical (unpaired) electrons. The van der Waals surface area contributed by atoms with Crippen LogP contribution in [0.25, 0.3) is 22.4 Å². The molecule has 5 N–H and O–H groups in total. The van der Waals surface area contributed by atoms with Crippen LogP contribution in [-0.2, 0) is 6.54 Å². The Morgan fingerprint density at radius 2 is 1.87 bits per heavy atom. The number of nitrogens with two attached hydrogens (primary N) is 2. The van der Waals surface area contributed by atoms with Gasteiger partial charge in [-0.25, -0.2) is 32.5 Å². The molecule has 1 aliphatic heterocycles. The summed E-state index contributed by atoms with van der Waals surface area (Å²) in [5.41, 5.74) is 13.1. The van der Waals surface area contributed by atoms with Crippen LogP contribution in [0.2, 0.25) is 0 Å². The number of nitrogens with zero attached hydrogens (tertiary/aromatic N) is 6. The van der Waals surface area contributed by atoms with Crippen molar-refractivity contribution >= 4 is 22.7 Å². The molecule has 14 heteroatoms. The summed E-state index contributed by atoms with van der Waals surface area (Å²) in [4.78, 5) is 18.7. The Kier molecular flexibility index (Phi) is 6.99. The second-order valence-corrected chi connectivity index (χ2v) is 9.51. The zero-order chi connectivity index (χ0) is 27.9. The second kappa shape index (κ2) is 10.3. The average molecular weight is 547 g/mol. The third kappa shape index (κ3) is 4.92. The van der Waals surface area contributed by atoms with Gasteiger partial charge in [-0.05, 0) is 36.6 Å². The van der Waals surface area contributed by atoms with Gasteiger partial charge in [0, 0.05) is 18.7 Å². The molecule has 0 spiro atoms. The lowest BCUT2D eigenvalue weighted by Crippen LogP contribution is -2.63. The Balaban J connectivity index is 1.59. The van der Waals surface area contributed by atoms with Crippen molar-refractivity contribution in [2.45, 2.75) is 37.5 Å². The van der Waals surface area contributed by atoms with Crippen molar-refractivity contribution in [3.05, 3.63) is 54.2 Å². The minimum Gasteiger partial charge on any atom is -0.491 e. The number of benzene rings is 1. The summed E-state index contributed by atoms with van der Waals surface area (Å²) in [5, 5.41) is 10.1. The number of imidazole rings is 1. The lowest BCUT2D eigenvalue weighted by atomic mass is 9.84. The van der Waals surface area contributed by atoms with E-state index in [1.54, 1.807) is 15.5 Å². The molecular formula is C25H26F4N8O2. The molecular weight excluding hydrogens is 520 g/mol. The molecule has 39 heavy (non-hydrogen) atoms. The molecule has 4 aromatic rings. The van der Waals surface area contributed by atoms with Gasteiger partial charge in [0.25, 0.3) is 6.43 Å². The lowest BCUT2D eigenvalue weighted by Gasteiger charge is -2.44.